The minimum Gasteiger partial charge on any atom is -0.494 e. The Hall–Kier alpha value is -4.86. The highest BCUT2D eigenvalue weighted by Crippen LogP contribution is 2.30. The molecule has 4 rings (SSSR count). The van der Waals surface area contributed by atoms with Crippen LogP contribution < -0.4 is 24.8 Å². The maximum absolute atomic E-state index is 13.0. The number of nitrogens with one attached hydrogen (secondary N) is 2. The zero-order valence-corrected chi connectivity index (χ0v) is 27.1. The van der Waals surface area contributed by atoms with Crippen LogP contribution in [-0.4, -0.2) is 48.6 Å². The van der Waals surface area contributed by atoms with Gasteiger partial charge in [0.05, 0.1) is 19.3 Å². The quantitative estimate of drug-likeness (QED) is 0.0827. The maximum Gasteiger partial charge on any atom is 0.343 e. The van der Waals surface area contributed by atoms with Crippen molar-refractivity contribution in [1.82, 2.24) is 5.32 Å². The molecule has 10 heteroatoms. The standard InChI is InChI=1S/C37H44N2O8/c1-3-4-5-6-9-21-46-30-18-16-27(17-19-30)37(44)47-32-20-15-25(23-33(32)45-2)22-31(36(42)43)39-35(41)28-13-10-14-29(24-28)38-34(40)26-11-7-8-12-26/h10,13-20,23-24,26,31H,3-9,11-12,21-22H2,1-2H3,(H,38,40)(H,39,41)(H,42,43). The first-order valence-electron chi connectivity index (χ1n) is 16.3. The number of ether oxygens (including phenoxy) is 3. The molecule has 2 amide bonds. The lowest BCUT2D eigenvalue weighted by Gasteiger charge is -2.17. The molecule has 250 valence electrons. The number of esters is 1. The number of hydrogen-bond acceptors (Lipinski definition) is 7. The molecule has 1 atom stereocenters. The summed E-state index contributed by atoms with van der Waals surface area (Å²) in [5.74, 6) is -1.41. The highest BCUT2D eigenvalue weighted by atomic mass is 16.6. The van der Waals surface area contributed by atoms with Gasteiger partial charge < -0.3 is 30.0 Å². The summed E-state index contributed by atoms with van der Waals surface area (Å²) in [6, 6.07) is 16.6. The van der Waals surface area contributed by atoms with Gasteiger partial charge in [-0.3, -0.25) is 9.59 Å². The molecule has 0 saturated heterocycles. The topological polar surface area (TPSA) is 140 Å². The minimum absolute atomic E-state index is 0.0306. The number of unbranched alkanes of at least 4 members (excludes halogenated alkanes) is 4. The number of methoxy groups -OCH3 is 1. The van der Waals surface area contributed by atoms with E-state index >= 15 is 0 Å². The monoisotopic (exact) mass is 644 g/mol. The molecular weight excluding hydrogens is 600 g/mol. The van der Waals surface area contributed by atoms with Gasteiger partial charge in [0.15, 0.2) is 11.5 Å². The molecule has 0 aliphatic heterocycles. The fourth-order valence-electron chi connectivity index (χ4n) is 5.51. The molecule has 1 fully saturated rings. The van der Waals surface area contributed by atoms with Crippen LogP contribution in [0.5, 0.6) is 17.2 Å². The van der Waals surface area contributed by atoms with Crippen LogP contribution in [0.1, 0.15) is 91.0 Å². The summed E-state index contributed by atoms with van der Waals surface area (Å²) in [5.41, 5.74) is 1.58. The Morgan fingerprint density at radius 3 is 2.32 bits per heavy atom. The third kappa shape index (κ3) is 10.6. The second kappa shape index (κ2) is 17.7. The molecule has 0 bridgehead atoms. The Morgan fingerprint density at radius 2 is 1.62 bits per heavy atom. The number of rotatable bonds is 17. The van der Waals surface area contributed by atoms with Crippen LogP contribution in [0.3, 0.4) is 0 Å². The summed E-state index contributed by atoms with van der Waals surface area (Å²) in [5, 5.41) is 15.3. The van der Waals surface area contributed by atoms with Gasteiger partial charge in [0.25, 0.3) is 5.91 Å². The van der Waals surface area contributed by atoms with Crippen molar-refractivity contribution in [3.63, 3.8) is 0 Å². The van der Waals surface area contributed by atoms with E-state index in [1.165, 1.54) is 38.5 Å². The van der Waals surface area contributed by atoms with Crippen molar-refractivity contribution >= 4 is 29.4 Å². The molecule has 3 aromatic rings. The first-order chi connectivity index (χ1) is 22.8. The van der Waals surface area contributed by atoms with Gasteiger partial charge in [0.2, 0.25) is 5.91 Å². The number of anilines is 1. The van der Waals surface area contributed by atoms with Crippen LogP contribution in [0.4, 0.5) is 5.69 Å². The van der Waals surface area contributed by atoms with E-state index < -0.39 is 23.9 Å². The Bertz CT molecular complexity index is 1510. The van der Waals surface area contributed by atoms with Gasteiger partial charge in [-0.25, -0.2) is 9.59 Å². The number of amides is 2. The normalized spacial score (nSPS) is 13.4. The van der Waals surface area contributed by atoms with Crippen molar-refractivity contribution in [2.24, 2.45) is 5.92 Å². The predicted octanol–water partition coefficient (Wildman–Crippen LogP) is 6.82. The number of hydrogen-bond donors (Lipinski definition) is 3. The molecule has 0 spiro atoms. The van der Waals surface area contributed by atoms with Crippen LogP contribution >= 0.6 is 0 Å². The minimum atomic E-state index is -1.26. The Labute approximate surface area is 275 Å². The van der Waals surface area contributed by atoms with Crippen molar-refractivity contribution < 1.29 is 38.5 Å². The summed E-state index contributed by atoms with van der Waals surface area (Å²) in [6.07, 6.45) is 9.43. The highest BCUT2D eigenvalue weighted by Gasteiger charge is 2.24. The van der Waals surface area contributed by atoms with Crippen LogP contribution in [0.15, 0.2) is 66.7 Å². The average molecular weight is 645 g/mol. The van der Waals surface area contributed by atoms with Gasteiger partial charge in [-0.15, -0.1) is 0 Å². The number of carboxylic acid groups (broad SMARTS) is 1. The molecule has 0 aromatic heterocycles. The predicted molar refractivity (Wildman–Crippen MR) is 178 cm³/mol. The number of benzene rings is 3. The lowest BCUT2D eigenvalue weighted by molar-refractivity contribution is -0.139. The molecular formula is C37H44N2O8. The number of aliphatic carboxylic acids is 1. The van der Waals surface area contributed by atoms with Crippen molar-refractivity contribution in [1.29, 1.82) is 0 Å². The second-order valence-electron chi connectivity index (χ2n) is 11.8. The van der Waals surface area contributed by atoms with Gasteiger partial charge >= 0.3 is 11.9 Å². The fourth-order valence-corrected chi connectivity index (χ4v) is 5.51. The van der Waals surface area contributed by atoms with Crippen LogP contribution in [-0.2, 0) is 16.0 Å². The molecule has 1 aliphatic rings. The third-order valence-electron chi connectivity index (χ3n) is 8.20. The molecule has 47 heavy (non-hydrogen) atoms. The average Bonchev–Trinajstić information content (AvgIpc) is 3.62. The Balaban J connectivity index is 1.33. The van der Waals surface area contributed by atoms with E-state index in [0.717, 1.165) is 38.5 Å². The van der Waals surface area contributed by atoms with Crippen LogP contribution in [0.25, 0.3) is 0 Å². The summed E-state index contributed by atoms with van der Waals surface area (Å²) in [6.45, 7) is 2.80. The number of carbonyl (C=O) groups is 4. The van der Waals surface area contributed by atoms with Gasteiger partial charge in [0.1, 0.15) is 11.8 Å². The Kier molecular flexibility index (Phi) is 13.2. The first-order valence-corrected chi connectivity index (χ1v) is 16.3. The number of carbonyl (C=O) groups excluding carboxylic acids is 3. The molecule has 3 N–H and O–H groups in total. The molecule has 1 unspecified atom stereocenters. The lowest BCUT2D eigenvalue weighted by Crippen LogP contribution is -2.42. The highest BCUT2D eigenvalue weighted by molar-refractivity contribution is 5.99. The summed E-state index contributed by atoms with van der Waals surface area (Å²) >= 11 is 0. The fraction of sp³-hybridized carbons (Fsp3) is 0.405. The van der Waals surface area contributed by atoms with E-state index in [1.54, 1.807) is 54.6 Å². The molecule has 1 saturated carbocycles. The summed E-state index contributed by atoms with van der Waals surface area (Å²) < 4.78 is 16.8. The van der Waals surface area contributed by atoms with E-state index in [1.807, 2.05) is 0 Å². The van der Waals surface area contributed by atoms with Crippen molar-refractivity contribution in [2.75, 3.05) is 19.0 Å². The maximum atomic E-state index is 13.0. The summed E-state index contributed by atoms with van der Waals surface area (Å²) in [7, 11) is 1.42. The van der Waals surface area contributed by atoms with E-state index in [0.29, 0.717) is 29.2 Å². The molecule has 0 radical (unpaired) electrons. The zero-order chi connectivity index (χ0) is 33.6. The van der Waals surface area contributed by atoms with Crippen molar-refractivity contribution in [3.8, 4) is 17.2 Å². The third-order valence-corrected chi connectivity index (χ3v) is 8.20. The molecule has 1 aliphatic carbocycles. The molecule has 0 heterocycles. The number of carboxylic acids is 1. The lowest BCUT2D eigenvalue weighted by atomic mass is 10.0. The van der Waals surface area contributed by atoms with Gasteiger partial charge in [-0.1, -0.05) is 57.6 Å². The van der Waals surface area contributed by atoms with Gasteiger partial charge in [-0.2, -0.15) is 0 Å². The van der Waals surface area contributed by atoms with E-state index in [-0.39, 0.29) is 35.3 Å². The van der Waals surface area contributed by atoms with Crippen molar-refractivity contribution in [2.45, 2.75) is 77.2 Å². The largest absolute Gasteiger partial charge is 0.494 e. The molecule has 3 aromatic carbocycles. The van der Waals surface area contributed by atoms with E-state index in [2.05, 4.69) is 17.6 Å². The van der Waals surface area contributed by atoms with Crippen LogP contribution in [0.2, 0.25) is 0 Å². The van der Waals surface area contributed by atoms with Crippen molar-refractivity contribution in [3.05, 3.63) is 83.4 Å². The zero-order valence-electron chi connectivity index (χ0n) is 27.1. The second-order valence-corrected chi connectivity index (χ2v) is 11.8. The van der Waals surface area contributed by atoms with E-state index in [9.17, 15) is 24.3 Å². The SMILES string of the molecule is CCCCCCCOc1ccc(C(=O)Oc2ccc(CC(NC(=O)c3cccc(NC(=O)C4CCCC4)c3)C(=O)O)cc2OC)cc1. The Morgan fingerprint density at radius 1 is 0.872 bits per heavy atom. The molecule has 10 nitrogen and oxygen atoms in total. The van der Waals surface area contributed by atoms with Crippen LogP contribution in [0, 0.1) is 5.92 Å². The first kappa shape index (κ1) is 35.0. The smallest absolute Gasteiger partial charge is 0.343 e. The van der Waals surface area contributed by atoms with Gasteiger partial charge in [-0.05, 0) is 79.4 Å². The van der Waals surface area contributed by atoms with E-state index in [4.69, 9.17) is 14.2 Å². The van der Waals surface area contributed by atoms with Gasteiger partial charge in [0, 0.05) is 23.6 Å². The summed E-state index contributed by atoms with van der Waals surface area (Å²) in [4.78, 5) is 50.5.